The molecule has 2 heteroatoms. The van der Waals surface area contributed by atoms with Gasteiger partial charge in [-0.1, -0.05) is 19.1 Å². The molecule has 0 aromatic heterocycles. The van der Waals surface area contributed by atoms with Crippen LogP contribution < -0.4 is 5.32 Å². The molecular weight excluding hydrogens is 190 g/mol. The van der Waals surface area contributed by atoms with E-state index in [1.54, 1.807) is 11.8 Å². The van der Waals surface area contributed by atoms with Crippen molar-refractivity contribution < 1.29 is 0 Å². The van der Waals surface area contributed by atoms with E-state index in [9.17, 15) is 0 Å². The second-order valence-corrected chi connectivity index (χ2v) is 4.07. The Balaban J connectivity index is 2.47. The van der Waals surface area contributed by atoms with Gasteiger partial charge in [-0.15, -0.1) is 11.8 Å². The van der Waals surface area contributed by atoms with E-state index in [-0.39, 0.29) is 0 Å². The lowest BCUT2D eigenvalue weighted by Crippen LogP contribution is -2.02. The molecule has 0 heterocycles. The van der Waals surface area contributed by atoms with Gasteiger partial charge in [-0.25, -0.2) is 0 Å². The summed E-state index contributed by atoms with van der Waals surface area (Å²) in [6.07, 6.45) is 3.12. The Morgan fingerprint density at radius 2 is 2.00 bits per heavy atom. The molecule has 0 amide bonds. The SMILES string of the molecule is C=C(CC)CNc1ccc(SC)cc1. The van der Waals surface area contributed by atoms with Gasteiger partial charge in [0.1, 0.15) is 0 Å². The molecule has 0 saturated heterocycles. The summed E-state index contributed by atoms with van der Waals surface area (Å²) in [4.78, 5) is 1.30. The predicted molar refractivity (Wildman–Crippen MR) is 66.1 cm³/mol. The summed E-state index contributed by atoms with van der Waals surface area (Å²) in [6.45, 7) is 6.95. The summed E-state index contributed by atoms with van der Waals surface area (Å²) in [5.74, 6) is 0. The van der Waals surface area contributed by atoms with E-state index in [1.807, 2.05) is 0 Å². The molecule has 0 fully saturated rings. The minimum atomic E-state index is 0.870. The summed E-state index contributed by atoms with van der Waals surface area (Å²) in [7, 11) is 0. The quantitative estimate of drug-likeness (QED) is 0.582. The highest BCUT2D eigenvalue weighted by Gasteiger charge is 1.93. The van der Waals surface area contributed by atoms with Gasteiger partial charge < -0.3 is 5.32 Å². The van der Waals surface area contributed by atoms with Gasteiger partial charge in [-0.2, -0.15) is 0 Å². The third-order valence-electron chi connectivity index (χ3n) is 2.13. The molecule has 1 aromatic rings. The van der Waals surface area contributed by atoms with E-state index in [0.717, 1.165) is 18.7 Å². The summed E-state index contributed by atoms with van der Waals surface area (Å²) in [6, 6.07) is 8.47. The molecule has 1 N–H and O–H groups in total. The van der Waals surface area contributed by atoms with Crippen molar-refractivity contribution in [3.05, 3.63) is 36.4 Å². The second kappa shape index (κ2) is 5.76. The second-order valence-electron chi connectivity index (χ2n) is 3.19. The van der Waals surface area contributed by atoms with E-state index in [2.05, 4.69) is 49.3 Å². The van der Waals surface area contributed by atoms with Crippen LogP contribution in [0.2, 0.25) is 0 Å². The van der Waals surface area contributed by atoms with E-state index >= 15 is 0 Å². The topological polar surface area (TPSA) is 12.0 Å². The zero-order valence-corrected chi connectivity index (χ0v) is 9.66. The third kappa shape index (κ3) is 3.46. The lowest BCUT2D eigenvalue weighted by atomic mass is 10.2. The summed E-state index contributed by atoms with van der Waals surface area (Å²) in [5.41, 5.74) is 2.40. The minimum absolute atomic E-state index is 0.870. The fourth-order valence-corrected chi connectivity index (χ4v) is 1.47. The van der Waals surface area contributed by atoms with Gasteiger partial charge in [-0.3, -0.25) is 0 Å². The van der Waals surface area contributed by atoms with Crippen LogP contribution in [0, 0.1) is 0 Å². The minimum Gasteiger partial charge on any atom is -0.381 e. The molecule has 0 aliphatic heterocycles. The molecule has 0 radical (unpaired) electrons. The maximum atomic E-state index is 3.96. The van der Waals surface area contributed by atoms with Crippen LogP contribution in [0.3, 0.4) is 0 Å². The molecule has 1 nitrogen and oxygen atoms in total. The average molecular weight is 207 g/mol. The van der Waals surface area contributed by atoms with Crippen molar-refractivity contribution in [3.63, 3.8) is 0 Å². The van der Waals surface area contributed by atoms with E-state index in [1.165, 1.54) is 10.5 Å². The van der Waals surface area contributed by atoms with Crippen molar-refractivity contribution in [2.24, 2.45) is 0 Å². The first kappa shape index (κ1) is 11.2. The van der Waals surface area contributed by atoms with Crippen molar-refractivity contribution in [2.45, 2.75) is 18.2 Å². The normalized spacial score (nSPS) is 9.86. The van der Waals surface area contributed by atoms with Gasteiger partial charge in [0.25, 0.3) is 0 Å². The molecular formula is C12H17NS. The lowest BCUT2D eigenvalue weighted by molar-refractivity contribution is 1.05. The maximum absolute atomic E-state index is 3.96. The molecule has 0 bridgehead atoms. The van der Waals surface area contributed by atoms with Gasteiger partial charge in [0.2, 0.25) is 0 Å². The number of rotatable bonds is 5. The molecule has 1 aromatic carbocycles. The first-order chi connectivity index (χ1) is 6.76. The van der Waals surface area contributed by atoms with Crippen LogP contribution in [0.4, 0.5) is 5.69 Å². The zero-order valence-electron chi connectivity index (χ0n) is 8.84. The summed E-state index contributed by atoms with van der Waals surface area (Å²) >= 11 is 1.76. The van der Waals surface area contributed by atoms with Crippen LogP contribution >= 0.6 is 11.8 Å². The fourth-order valence-electron chi connectivity index (χ4n) is 1.06. The predicted octanol–water partition coefficient (Wildman–Crippen LogP) is 3.79. The number of hydrogen-bond donors (Lipinski definition) is 1. The first-order valence-electron chi connectivity index (χ1n) is 4.81. The first-order valence-corrected chi connectivity index (χ1v) is 6.03. The Kier molecular flexibility index (Phi) is 4.60. The van der Waals surface area contributed by atoms with Crippen molar-refractivity contribution >= 4 is 17.4 Å². The molecule has 76 valence electrons. The molecule has 14 heavy (non-hydrogen) atoms. The highest BCUT2D eigenvalue weighted by molar-refractivity contribution is 7.98. The maximum Gasteiger partial charge on any atom is 0.0357 e. The molecule has 0 aliphatic rings. The Morgan fingerprint density at radius 3 is 2.50 bits per heavy atom. The zero-order chi connectivity index (χ0) is 10.4. The molecule has 0 saturated carbocycles. The van der Waals surface area contributed by atoms with Crippen LogP contribution in [0.25, 0.3) is 0 Å². The number of anilines is 1. The molecule has 0 unspecified atom stereocenters. The van der Waals surface area contributed by atoms with Gasteiger partial charge in [-0.05, 0) is 36.9 Å². The molecule has 1 rings (SSSR count). The van der Waals surface area contributed by atoms with Crippen LogP contribution in [0.5, 0.6) is 0 Å². The Bertz CT molecular complexity index is 290. The van der Waals surface area contributed by atoms with Crippen molar-refractivity contribution in [1.29, 1.82) is 0 Å². The Labute approximate surface area is 90.6 Å². The number of hydrogen-bond acceptors (Lipinski definition) is 2. The van der Waals surface area contributed by atoms with Crippen LogP contribution in [0.15, 0.2) is 41.3 Å². The van der Waals surface area contributed by atoms with Crippen molar-refractivity contribution in [1.82, 2.24) is 0 Å². The number of benzene rings is 1. The Hall–Kier alpha value is -0.890. The molecule has 0 spiro atoms. The smallest absolute Gasteiger partial charge is 0.0357 e. The highest BCUT2D eigenvalue weighted by Crippen LogP contribution is 2.17. The number of thioether (sulfide) groups is 1. The van der Waals surface area contributed by atoms with E-state index < -0.39 is 0 Å². The largest absolute Gasteiger partial charge is 0.381 e. The standard InChI is InChI=1S/C12H17NS/c1-4-10(2)9-13-11-5-7-12(14-3)8-6-11/h5-8,13H,2,4,9H2,1,3H3. The van der Waals surface area contributed by atoms with Gasteiger partial charge in [0.05, 0.1) is 0 Å². The fraction of sp³-hybridized carbons (Fsp3) is 0.333. The van der Waals surface area contributed by atoms with Gasteiger partial charge >= 0.3 is 0 Å². The number of nitrogens with one attached hydrogen (secondary N) is 1. The average Bonchev–Trinajstić information content (AvgIpc) is 2.26. The molecule has 0 atom stereocenters. The van der Waals surface area contributed by atoms with E-state index in [0.29, 0.717) is 0 Å². The third-order valence-corrected chi connectivity index (χ3v) is 2.88. The monoisotopic (exact) mass is 207 g/mol. The van der Waals surface area contributed by atoms with Crippen LogP contribution in [0.1, 0.15) is 13.3 Å². The molecule has 0 aliphatic carbocycles. The Morgan fingerprint density at radius 1 is 1.36 bits per heavy atom. The summed E-state index contributed by atoms with van der Waals surface area (Å²) < 4.78 is 0. The summed E-state index contributed by atoms with van der Waals surface area (Å²) in [5, 5.41) is 3.34. The van der Waals surface area contributed by atoms with Crippen molar-refractivity contribution in [3.8, 4) is 0 Å². The van der Waals surface area contributed by atoms with E-state index in [4.69, 9.17) is 0 Å². The van der Waals surface area contributed by atoms with Gasteiger partial charge in [0.15, 0.2) is 0 Å². The van der Waals surface area contributed by atoms with Gasteiger partial charge in [0, 0.05) is 17.1 Å². The van der Waals surface area contributed by atoms with Crippen molar-refractivity contribution in [2.75, 3.05) is 18.1 Å². The highest BCUT2D eigenvalue weighted by atomic mass is 32.2. The van der Waals surface area contributed by atoms with Crippen LogP contribution in [-0.4, -0.2) is 12.8 Å². The van der Waals surface area contributed by atoms with Crippen LogP contribution in [-0.2, 0) is 0 Å². The lowest BCUT2D eigenvalue weighted by Gasteiger charge is -2.07.